The Hall–Kier alpha value is -1.88. The van der Waals surface area contributed by atoms with Gasteiger partial charge in [-0.25, -0.2) is 4.79 Å². The molecule has 1 aromatic rings. The second-order valence-corrected chi connectivity index (χ2v) is 6.13. The number of aromatic carboxylic acids is 1. The van der Waals surface area contributed by atoms with Crippen LogP contribution in [0.4, 0.5) is 0 Å². The van der Waals surface area contributed by atoms with Crippen LogP contribution in [-0.4, -0.2) is 34.7 Å². The number of rotatable bonds is 7. The Labute approximate surface area is 125 Å². The van der Waals surface area contributed by atoms with Gasteiger partial charge in [-0.1, -0.05) is 32.0 Å². The highest BCUT2D eigenvalue weighted by Crippen LogP contribution is 2.21. The Morgan fingerprint density at radius 1 is 1.29 bits per heavy atom. The molecule has 0 aliphatic heterocycles. The molecule has 0 fully saturated rings. The first kappa shape index (κ1) is 17.2. The van der Waals surface area contributed by atoms with Crippen LogP contribution in [0.2, 0.25) is 0 Å². The van der Waals surface area contributed by atoms with Crippen LogP contribution < -0.4 is 5.32 Å². The van der Waals surface area contributed by atoms with E-state index in [0.717, 1.165) is 0 Å². The van der Waals surface area contributed by atoms with Crippen molar-refractivity contribution in [1.29, 1.82) is 0 Å². The molecule has 1 unspecified atom stereocenters. The summed E-state index contributed by atoms with van der Waals surface area (Å²) in [6.45, 7) is 6.08. The van der Waals surface area contributed by atoms with Crippen molar-refractivity contribution in [3.05, 3.63) is 35.4 Å². The predicted octanol–water partition coefficient (Wildman–Crippen LogP) is 1.84. The second-order valence-electron chi connectivity index (χ2n) is 6.13. The van der Waals surface area contributed by atoms with Gasteiger partial charge in [0.2, 0.25) is 5.91 Å². The standard InChI is InChI=1S/C16H23NO4/c1-11(18)9-16(2,3)10-17-14(19)8-12-6-4-5-7-13(12)15(20)21/h4-7,11,18H,8-10H2,1-3H3,(H,17,19)(H,20,21). The molecule has 0 radical (unpaired) electrons. The van der Waals surface area contributed by atoms with Crippen molar-refractivity contribution in [1.82, 2.24) is 5.32 Å². The van der Waals surface area contributed by atoms with Gasteiger partial charge in [0.1, 0.15) is 0 Å². The second kappa shape index (κ2) is 7.22. The summed E-state index contributed by atoms with van der Waals surface area (Å²) in [4.78, 5) is 23.0. The van der Waals surface area contributed by atoms with Crippen LogP contribution >= 0.6 is 0 Å². The molecular formula is C16H23NO4. The lowest BCUT2D eigenvalue weighted by Gasteiger charge is -2.26. The molecule has 3 N–H and O–H groups in total. The quantitative estimate of drug-likeness (QED) is 0.716. The van der Waals surface area contributed by atoms with E-state index in [4.69, 9.17) is 5.11 Å². The van der Waals surface area contributed by atoms with Gasteiger partial charge < -0.3 is 15.5 Å². The molecule has 5 heteroatoms. The maximum Gasteiger partial charge on any atom is 0.335 e. The van der Waals surface area contributed by atoms with Crippen molar-refractivity contribution in [2.45, 2.75) is 39.7 Å². The van der Waals surface area contributed by atoms with E-state index in [1.165, 1.54) is 6.07 Å². The van der Waals surface area contributed by atoms with Gasteiger partial charge in [0.15, 0.2) is 0 Å². The van der Waals surface area contributed by atoms with Gasteiger partial charge in [-0.2, -0.15) is 0 Å². The summed E-state index contributed by atoms with van der Waals surface area (Å²) in [5.74, 6) is -1.25. The molecule has 0 saturated carbocycles. The van der Waals surface area contributed by atoms with Gasteiger partial charge >= 0.3 is 5.97 Å². The van der Waals surface area contributed by atoms with Crippen molar-refractivity contribution in [2.24, 2.45) is 5.41 Å². The Kier molecular flexibility index (Phi) is 5.90. The number of carboxylic acids is 1. The number of aliphatic hydroxyl groups is 1. The van der Waals surface area contributed by atoms with E-state index >= 15 is 0 Å². The van der Waals surface area contributed by atoms with Crippen molar-refractivity contribution in [3.8, 4) is 0 Å². The minimum Gasteiger partial charge on any atom is -0.478 e. The fraction of sp³-hybridized carbons (Fsp3) is 0.500. The highest BCUT2D eigenvalue weighted by Gasteiger charge is 2.21. The summed E-state index contributed by atoms with van der Waals surface area (Å²) in [5.41, 5.74) is 0.433. The third-order valence-electron chi connectivity index (χ3n) is 3.21. The molecule has 0 aromatic heterocycles. The Morgan fingerprint density at radius 2 is 1.90 bits per heavy atom. The number of carboxylic acid groups (broad SMARTS) is 1. The van der Waals surface area contributed by atoms with Crippen molar-refractivity contribution in [3.63, 3.8) is 0 Å². The van der Waals surface area contributed by atoms with Crippen LogP contribution in [0.25, 0.3) is 0 Å². The average molecular weight is 293 g/mol. The van der Waals surface area contributed by atoms with Crippen LogP contribution in [0.1, 0.15) is 43.1 Å². The van der Waals surface area contributed by atoms with Crippen molar-refractivity contribution < 1.29 is 19.8 Å². The molecule has 1 rings (SSSR count). The van der Waals surface area contributed by atoms with Gasteiger partial charge in [-0.3, -0.25) is 4.79 Å². The molecule has 0 saturated heterocycles. The summed E-state index contributed by atoms with van der Waals surface area (Å²) in [7, 11) is 0. The highest BCUT2D eigenvalue weighted by molar-refractivity contribution is 5.91. The molecular weight excluding hydrogens is 270 g/mol. The third-order valence-corrected chi connectivity index (χ3v) is 3.21. The van der Waals surface area contributed by atoms with Crippen LogP contribution in [0.3, 0.4) is 0 Å². The van der Waals surface area contributed by atoms with E-state index in [2.05, 4.69) is 5.32 Å². The summed E-state index contributed by atoms with van der Waals surface area (Å²) in [5, 5.41) is 21.3. The average Bonchev–Trinajstić information content (AvgIpc) is 2.35. The zero-order valence-electron chi connectivity index (χ0n) is 12.7. The van der Waals surface area contributed by atoms with Crippen LogP contribution in [0, 0.1) is 5.41 Å². The lowest BCUT2D eigenvalue weighted by Crippen LogP contribution is -2.36. The summed E-state index contributed by atoms with van der Waals surface area (Å²) < 4.78 is 0. The molecule has 21 heavy (non-hydrogen) atoms. The largest absolute Gasteiger partial charge is 0.478 e. The summed E-state index contributed by atoms with van der Waals surface area (Å²) >= 11 is 0. The molecule has 1 amide bonds. The minimum absolute atomic E-state index is 0.0350. The Morgan fingerprint density at radius 3 is 2.48 bits per heavy atom. The molecule has 0 aliphatic carbocycles. The SMILES string of the molecule is CC(O)CC(C)(C)CNC(=O)Cc1ccccc1C(=O)O. The fourth-order valence-corrected chi connectivity index (χ4v) is 2.33. The molecule has 0 bridgehead atoms. The zero-order chi connectivity index (χ0) is 16.0. The molecule has 0 spiro atoms. The number of benzene rings is 1. The van der Waals surface area contributed by atoms with Crippen molar-refractivity contribution >= 4 is 11.9 Å². The van der Waals surface area contributed by atoms with E-state index in [1.54, 1.807) is 25.1 Å². The molecule has 1 atom stereocenters. The zero-order valence-corrected chi connectivity index (χ0v) is 12.7. The van der Waals surface area contributed by atoms with Gasteiger partial charge in [-0.05, 0) is 30.4 Å². The van der Waals surface area contributed by atoms with E-state index in [-0.39, 0.29) is 23.3 Å². The molecule has 116 valence electrons. The number of aliphatic hydroxyl groups excluding tert-OH is 1. The van der Waals surface area contributed by atoms with E-state index in [9.17, 15) is 14.7 Å². The van der Waals surface area contributed by atoms with Crippen LogP contribution in [0.5, 0.6) is 0 Å². The minimum atomic E-state index is -1.03. The smallest absolute Gasteiger partial charge is 0.335 e. The third kappa shape index (κ3) is 5.95. The fourth-order valence-electron chi connectivity index (χ4n) is 2.33. The maximum absolute atomic E-state index is 12.0. The first-order chi connectivity index (χ1) is 9.71. The number of hydrogen-bond donors (Lipinski definition) is 3. The number of amides is 1. The molecule has 0 heterocycles. The Balaban J connectivity index is 2.61. The number of nitrogens with one attached hydrogen (secondary N) is 1. The predicted molar refractivity (Wildman–Crippen MR) is 80.2 cm³/mol. The molecule has 5 nitrogen and oxygen atoms in total. The van der Waals surface area contributed by atoms with Gasteiger partial charge in [-0.15, -0.1) is 0 Å². The molecule has 0 aliphatic rings. The summed E-state index contributed by atoms with van der Waals surface area (Å²) in [6.07, 6.45) is 0.191. The first-order valence-corrected chi connectivity index (χ1v) is 6.97. The maximum atomic E-state index is 12.0. The topological polar surface area (TPSA) is 86.6 Å². The lowest BCUT2D eigenvalue weighted by molar-refractivity contribution is -0.121. The van der Waals surface area contributed by atoms with E-state index in [1.807, 2.05) is 13.8 Å². The number of carbonyl (C=O) groups is 2. The monoisotopic (exact) mass is 293 g/mol. The van der Waals surface area contributed by atoms with E-state index in [0.29, 0.717) is 18.5 Å². The summed E-state index contributed by atoms with van der Waals surface area (Å²) in [6, 6.07) is 6.48. The highest BCUT2D eigenvalue weighted by atomic mass is 16.4. The van der Waals surface area contributed by atoms with Crippen LogP contribution in [-0.2, 0) is 11.2 Å². The first-order valence-electron chi connectivity index (χ1n) is 6.97. The normalized spacial score (nSPS) is 12.8. The number of hydrogen-bond acceptors (Lipinski definition) is 3. The van der Waals surface area contributed by atoms with Crippen molar-refractivity contribution in [2.75, 3.05) is 6.54 Å². The molecule has 1 aromatic carbocycles. The Bertz CT molecular complexity index is 509. The lowest BCUT2D eigenvalue weighted by atomic mass is 9.87. The van der Waals surface area contributed by atoms with Crippen LogP contribution in [0.15, 0.2) is 24.3 Å². The van der Waals surface area contributed by atoms with Gasteiger partial charge in [0, 0.05) is 6.54 Å². The van der Waals surface area contributed by atoms with E-state index < -0.39 is 12.1 Å². The van der Waals surface area contributed by atoms with Gasteiger partial charge in [0.25, 0.3) is 0 Å². The van der Waals surface area contributed by atoms with Gasteiger partial charge in [0.05, 0.1) is 18.1 Å². The number of carbonyl (C=O) groups excluding carboxylic acids is 1.